The lowest BCUT2D eigenvalue weighted by Gasteiger charge is -2.12. The molecule has 2 aromatic rings. The van der Waals surface area contributed by atoms with Crippen molar-refractivity contribution in [1.29, 1.82) is 0 Å². The first-order valence-electron chi connectivity index (χ1n) is 7.80. The summed E-state index contributed by atoms with van der Waals surface area (Å²) in [5.41, 5.74) is 0.843. The first kappa shape index (κ1) is 19.7. The second-order valence-electron chi connectivity index (χ2n) is 5.42. The number of ether oxygens (including phenoxy) is 3. The Labute approximate surface area is 155 Å². The van der Waals surface area contributed by atoms with E-state index in [1.807, 2.05) is 0 Å². The van der Waals surface area contributed by atoms with Gasteiger partial charge in [0.1, 0.15) is 11.3 Å². The summed E-state index contributed by atoms with van der Waals surface area (Å²) in [4.78, 5) is 34.3. The van der Waals surface area contributed by atoms with Gasteiger partial charge < -0.3 is 19.5 Å². The van der Waals surface area contributed by atoms with Gasteiger partial charge in [0.25, 0.3) is 5.91 Å². The summed E-state index contributed by atoms with van der Waals surface area (Å²) in [5.74, 6) is -0.856. The molecule has 0 saturated carbocycles. The van der Waals surface area contributed by atoms with Crippen molar-refractivity contribution in [1.82, 2.24) is 0 Å². The standard InChI is InChI=1S/C18H18N2O7/c1-11-8-14(20(23)24)16(25-2)9-13(11)19-17(21)10-27-15-7-5-4-6-12(15)18(22)26-3/h4-9H,10H2,1-3H3,(H,19,21). The highest BCUT2D eigenvalue weighted by Crippen LogP contribution is 2.32. The number of carbonyl (C=O) groups is 2. The zero-order chi connectivity index (χ0) is 20.0. The SMILES string of the molecule is COC(=O)c1ccccc1OCC(=O)Nc1cc(OC)c([N+](=O)[O-])cc1C. The van der Waals surface area contributed by atoms with Crippen LogP contribution in [0.25, 0.3) is 0 Å². The second-order valence-corrected chi connectivity index (χ2v) is 5.42. The third kappa shape index (κ3) is 4.72. The van der Waals surface area contributed by atoms with Crippen molar-refractivity contribution in [3.05, 3.63) is 57.6 Å². The Kier molecular flexibility index (Phi) is 6.32. The Morgan fingerprint density at radius 1 is 1.15 bits per heavy atom. The number of para-hydroxylation sites is 1. The molecule has 142 valence electrons. The van der Waals surface area contributed by atoms with Gasteiger partial charge in [-0.25, -0.2) is 4.79 Å². The van der Waals surface area contributed by atoms with Crippen molar-refractivity contribution < 1.29 is 28.7 Å². The molecule has 0 heterocycles. The molecule has 0 atom stereocenters. The van der Waals surface area contributed by atoms with Crippen molar-refractivity contribution in [3.63, 3.8) is 0 Å². The minimum atomic E-state index is -0.582. The molecular formula is C18H18N2O7. The van der Waals surface area contributed by atoms with Crippen LogP contribution in [0.1, 0.15) is 15.9 Å². The van der Waals surface area contributed by atoms with Crippen LogP contribution in [0.2, 0.25) is 0 Å². The lowest BCUT2D eigenvalue weighted by molar-refractivity contribution is -0.385. The first-order valence-corrected chi connectivity index (χ1v) is 7.80. The third-order valence-electron chi connectivity index (χ3n) is 3.65. The molecule has 0 bridgehead atoms. The van der Waals surface area contributed by atoms with E-state index in [9.17, 15) is 19.7 Å². The Morgan fingerprint density at radius 3 is 2.48 bits per heavy atom. The van der Waals surface area contributed by atoms with Crippen LogP contribution in [-0.4, -0.2) is 37.6 Å². The van der Waals surface area contributed by atoms with Crippen molar-refractivity contribution in [2.45, 2.75) is 6.92 Å². The molecule has 27 heavy (non-hydrogen) atoms. The molecule has 0 spiro atoms. The number of nitrogens with zero attached hydrogens (tertiary/aromatic N) is 1. The van der Waals surface area contributed by atoms with Crippen LogP contribution < -0.4 is 14.8 Å². The van der Waals surface area contributed by atoms with Crippen LogP contribution in [0.15, 0.2) is 36.4 Å². The van der Waals surface area contributed by atoms with E-state index < -0.39 is 16.8 Å². The number of anilines is 1. The van der Waals surface area contributed by atoms with Crippen LogP contribution in [-0.2, 0) is 9.53 Å². The highest BCUT2D eigenvalue weighted by molar-refractivity contribution is 5.94. The highest BCUT2D eigenvalue weighted by atomic mass is 16.6. The van der Waals surface area contributed by atoms with Crippen LogP contribution in [0.4, 0.5) is 11.4 Å². The van der Waals surface area contributed by atoms with E-state index in [-0.39, 0.29) is 29.4 Å². The number of hydrogen-bond donors (Lipinski definition) is 1. The van der Waals surface area contributed by atoms with Gasteiger partial charge in [-0.3, -0.25) is 14.9 Å². The lowest BCUT2D eigenvalue weighted by atomic mass is 10.1. The number of benzene rings is 2. The lowest BCUT2D eigenvalue weighted by Crippen LogP contribution is -2.21. The van der Waals surface area contributed by atoms with Gasteiger partial charge in [0, 0.05) is 17.8 Å². The Bertz CT molecular complexity index is 880. The third-order valence-corrected chi connectivity index (χ3v) is 3.65. The van der Waals surface area contributed by atoms with E-state index in [1.54, 1.807) is 25.1 Å². The zero-order valence-electron chi connectivity index (χ0n) is 15.0. The largest absolute Gasteiger partial charge is 0.490 e. The molecule has 0 radical (unpaired) electrons. The predicted octanol–water partition coefficient (Wildman–Crippen LogP) is 2.72. The van der Waals surface area contributed by atoms with E-state index >= 15 is 0 Å². The van der Waals surface area contributed by atoms with Crippen molar-refractivity contribution in [3.8, 4) is 11.5 Å². The normalized spacial score (nSPS) is 10.0. The molecule has 2 rings (SSSR count). The highest BCUT2D eigenvalue weighted by Gasteiger charge is 2.19. The van der Waals surface area contributed by atoms with Gasteiger partial charge >= 0.3 is 11.7 Å². The number of methoxy groups -OCH3 is 2. The second kappa shape index (κ2) is 8.65. The van der Waals surface area contributed by atoms with Crippen LogP contribution in [0.3, 0.4) is 0 Å². The van der Waals surface area contributed by atoms with E-state index in [4.69, 9.17) is 9.47 Å². The molecule has 0 saturated heterocycles. The summed E-state index contributed by atoms with van der Waals surface area (Å²) >= 11 is 0. The molecule has 0 aromatic heterocycles. The van der Waals surface area contributed by atoms with Gasteiger partial charge in [0.05, 0.1) is 19.1 Å². The molecule has 0 unspecified atom stereocenters. The van der Waals surface area contributed by atoms with Gasteiger partial charge in [0.2, 0.25) is 0 Å². The quantitative estimate of drug-likeness (QED) is 0.450. The smallest absolute Gasteiger partial charge is 0.341 e. The summed E-state index contributed by atoms with van der Waals surface area (Å²) in [6.07, 6.45) is 0. The van der Waals surface area contributed by atoms with E-state index in [0.717, 1.165) is 0 Å². The van der Waals surface area contributed by atoms with Crippen molar-refractivity contribution in [2.24, 2.45) is 0 Å². The number of amides is 1. The molecule has 9 nitrogen and oxygen atoms in total. The monoisotopic (exact) mass is 374 g/mol. The number of rotatable bonds is 7. The van der Waals surface area contributed by atoms with Crippen LogP contribution in [0, 0.1) is 17.0 Å². The number of carbonyl (C=O) groups excluding carboxylic acids is 2. The Hall–Kier alpha value is -3.62. The summed E-state index contributed by atoms with van der Waals surface area (Å²) in [7, 11) is 2.55. The Balaban J connectivity index is 2.11. The predicted molar refractivity (Wildman–Crippen MR) is 96.3 cm³/mol. The molecular weight excluding hydrogens is 356 g/mol. The average Bonchev–Trinajstić information content (AvgIpc) is 2.67. The molecule has 9 heteroatoms. The van der Waals surface area contributed by atoms with E-state index in [0.29, 0.717) is 11.3 Å². The number of nitro groups is 1. The summed E-state index contributed by atoms with van der Waals surface area (Å²) in [5, 5.41) is 13.6. The van der Waals surface area contributed by atoms with Crippen LogP contribution >= 0.6 is 0 Å². The summed E-state index contributed by atoms with van der Waals surface area (Å²) in [6, 6.07) is 9.04. The maximum Gasteiger partial charge on any atom is 0.341 e. The topological polar surface area (TPSA) is 117 Å². The fourth-order valence-electron chi connectivity index (χ4n) is 2.31. The number of aryl methyl sites for hydroxylation is 1. The summed E-state index contributed by atoms with van der Waals surface area (Å²) in [6.45, 7) is 1.25. The van der Waals surface area contributed by atoms with E-state index in [1.165, 1.54) is 32.4 Å². The fraction of sp³-hybridized carbons (Fsp3) is 0.222. The number of nitro benzene ring substituents is 1. The molecule has 0 aliphatic rings. The number of esters is 1. The summed E-state index contributed by atoms with van der Waals surface area (Å²) < 4.78 is 15.1. The number of hydrogen-bond acceptors (Lipinski definition) is 7. The fourth-order valence-corrected chi connectivity index (χ4v) is 2.31. The number of nitrogens with one attached hydrogen (secondary N) is 1. The average molecular weight is 374 g/mol. The molecule has 0 fully saturated rings. The molecule has 2 aromatic carbocycles. The molecule has 0 aliphatic carbocycles. The molecule has 1 N–H and O–H groups in total. The minimum absolute atomic E-state index is 0.0258. The maximum absolute atomic E-state index is 12.2. The van der Waals surface area contributed by atoms with E-state index in [2.05, 4.69) is 10.1 Å². The maximum atomic E-state index is 12.2. The minimum Gasteiger partial charge on any atom is -0.490 e. The van der Waals surface area contributed by atoms with Crippen molar-refractivity contribution in [2.75, 3.05) is 26.1 Å². The van der Waals surface area contributed by atoms with Gasteiger partial charge in [-0.05, 0) is 24.6 Å². The molecule has 1 amide bonds. The van der Waals surface area contributed by atoms with Crippen LogP contribution in [0.5, 0.6) is 11.5 Å². The Morgan fingerprint density at radius 2 is 1.85 bits per heavy atom. The van der Waals surface area contributed by atoms with Gasteiger partial charge in [-0.1, -0.05) is 12.1 Å². The van der Waals surface area contributed by atoms with Crippen molar-refractivity contribution >= 4 is 23.3 Å². The van der Waals surface area contributed by atoms with Gasteiger partial charge in [-0.2, -0.15) is 0 Å². The first-order chi connectivity index (χ1) is 12.9. The van der Waals surface area contributed by atoms with Gasteiger partial charge in [0.15, 0.2) is 12.4 Å². The van der Waals surface area contributed by atoms with Gasteiger partial charge in [-0.15, -0.1) is 0 Å². The molecule has 0 aliphatic heterocycles. The zero-order valence-corrected chi connectivity index (χ0v) is 15.0.